The van der Waals surface area contributed by atoms with Gasteiger partial charge in [-0.25, -0.2) is 9.36 Å². The standard InChI is InChI=1S/C22H15N7/c1-2-8-23-21(3-1)22-14-29(27-25-22)18-5-7-20-16(13-18)11-15-12-17(4-6-19(15)20)28-10-9-24-26-28/h1-10,12-14H,11H2. The Bertz CT molecular complexity index is 1320. The maximum absolute atomic E-state index is 4.34. The summed E-state index contributed by atoms with van der Waals surface area (Å²) in [4.78, 5) is 4.34. The number of aromatic nitrogens is 7. The average molecular weight is 377 g/mol. The molecule has 3 aromatic heterocycles. The lowest BCUT2D eigenvalue weighted by molar-refractivity contribution is 0.802. The van der Waals surface area contributed by atoms with Gasteiger partial charge in [0.2, 0.25) is 0 Å². The number of pyridine rings is 1. The number of fused-ring (bicyclic) bond motifs is 3. The second-order valence-corrected chi connectivity index (χ2v) is 6.97. The Morgan fingerprint density at radius 3 is 2.21 bits per heavy atom. The fraction of sp³-hybridized carbons (Fsp3) is 0.0455. The summed E-state index contributed by atoms with van der Waals surface area (Å²) in [5.41, 5.74) is 8.68. The molecule has 6 rings (SSSR count). The Labute approximate surface area is 166 Å². The number of hydrogen-bond acceptors (Lipinski definition) is 5. The first-order valence-electron chi connectivity index (χ1n) is 9.32. The minimum Gasteiger partial charge on any atom is -0.254 e. The summed E-state index contributed by atoms with van der Waals surface area (Å²) in [6, 6.07) is 18.6. The minimum atomic E-state index is 0.756. The van der Waals surface area contributed by atoms with Gasteiger partial charge in [-0.1, -0.05) is 28.6 Å². The Morgan fingerprint density at radius 1 is 0.724 bits per heavy atom. The van der Waals surface area contributed by atoms with E-state index < -0.39 is 0 Å². The van der Waals surface area contributed by atoms with Gasteiger partial charge in [-0.15, -0.1) is 10.2 Å². The number of hydrogen-bond donors (Lipinski definition) is 0. The number of nitrogens with zero attached hydrogens (tertiary/aromatic N) is 7. The third-order valence-electron chi connectivity index (χ3n) is 5.22. The van der Waals surface area contributed by atoms with Crippen LogP contribution >= 0.6 is 0 Å². The van der Waals surface area contributed by atoms with Crippen molar-refractivity contribution >= 4 is 0 Å². The van der Waals surface area contributed by atoms with Gasteiger partial charge < -0.3 is 0 Å². The topological polar surface area (TPSA) is 74.3 Å². The van der Waals surface area contributed by atoms with E-state index in [9.17, 15) is 0 Å². The van der Waals surface area contributed by atoms with Gasteiger partial charge >= 0.3 is 0 Å². The first-order valence-corrected chi connectivity index (χ1v) is 9.32. The van der Waals surface area contributed by atoms with Crippen molar-refractivity contribution in [1.29, 1.82) is 0 Å². The molecule has 0 fully saturated rings. The van der Waals surface area contributed by atoms with E-state index in [1.807, 2.05) is 30.6 Å². The number of rotatable bonds is 3. The van der Waals surface area contributed by atoms with Crippen LogP contribution in [-0.4, -0.2) is 35.0 Å². The van der Waals surface area contributed by atoms with Crippen LogP contribution in [0.25, 0.3) is 33.9 Å². The van der Waals surface area contributed by atoms with Gasteiger partial charge in [0.15, 0.2) is 0 Å². The van der Waals surface area contributed by atoms with Crippen LogP contribution in [0, 0.1) is 0 Å². The van der Waals surface area contributed by atoms with Crippen molar-refractivity contribution in [2.75, 3.05) is 0 Å². The van der Waals surface area contributed by atoms with Crippen LogP contribution in [0.4, 0.5) is 0 Å². The van der Waals surface area contributed by atoms with Crippen molar-refractivity contribution in [1.82, 2.24) is 35.0 Å². The lowest BCUT2D eigenvalue weighted by Crippen LogP contribution is -1.96. The highest BCUT2D eigenvalue weighted by molar-refractivity contribution is 5.78. The summed E-state index contributed by atoms with van der Waals surface area (Å²) < 4.78 is 3.58. The molecular formula is C22H15N7. The Kier molecular flexibility index (Phi) is 3.40. The molecule has 2 aromatic carbocycles. The lowest BCUT2D eigenvalue weighted by Gasteiger charge is -2.05. The maximum Gasteiger partial charge on any atom is 0.131 e. The molecule has 7 heteroatoms. The van der Waals surface area contributed by atoms with E-state index in [1.54, 1.807) is 21.8 Å². The third-order valence-corrected chi connectivity index (χ3v) is 5.22. The summed E-state index contributed by atoms with van der Waals surface area (Å²) in [7, 11) is 0. The van der Waals surface area contributed by atoms with Gasteiger partial charge in [0.25, 0.3) is 0 Å². The smallest absolute Gasteiger partial charge is 0.131 e. The minimum absolute atomic E-state index is 0.756. The van der Waals surface area contributed by atoms with E-state index in [-0.39, 0.29) is 0 Å². The summed E-state index contributed by atoms with van der Waals surface area (Å²) in [5, 5.41) is 16.5. The van der Waals surface area contributed by atoms with Crippen LogP contribution in [0.15, 0.2) is 79.4 Å². The monoisotopic (exact) mass is 377 g/mol. The molecule has 0 N–H and O–H groups in total. The van der Waals surface area contributed by atoms with Crippen LogP contribution in [0.5, 0.6) is 0 Å². The molecule has 0 bridgehead atoms. The molecule has 1 aliphatic rings. The fourth-order valence-corrected chi connectivity index (χ4v) is 3.84. The van der Waals surface area contributed by atoms with Gasteiger partial charge in [-0.3, -0.25) is 4.98 Å². The predicted octanol–water partition coefficient (Wildman–Crippen LogP) is 3.48. The van der Waals surface area contributed by atoms with Gasteiger partial charge in [0.1, 0.15) is 5.69 Å². The molecule has 5 aromatic rings. The highest BCUT2D eigenvalue weighted by Crippen LogP contribution is 2.38. The second-order valence-electron chi connectivity index (χ2n) is 6.97. The second kappa shape index (κ2) is 6.20. The molecule has 7 nitrogen and oxygen atoms in total. The van der Waals surface area contributed by atoms with Gasteiger partial charge in [-0.2, -0.15) is 0 Å². The van der Waals surface area contributed by atoms with Crippen molar-refractivity contribution < 1.29 is 0 Å². The quantitative estimate of drug-likeness (QED) is 0.472. The largest absolute Gasteiger partial charge is 0.254 e. The molecule has 0 aliphatic heterocycles. The van der Waals surface area contributed by atoms with Gasteiger partial charge in [0, 0.05) is 6.20 Å². The summed E-state index contributed by atoms with van der Waals surface area (Å²) in [6.45, 7) is 0. The van der Waals surface area contributed by atoms with Crippen molar-refractivity contribution in [3.63, 3.8) is 0 Å². The van der Waals surface area contributed by atoms with Crippen LogP contribution in [0.3, 0.4) is 0 Å². The molecule has 0 unspecified atom stereocenters. The molecule has 0 saturated heterocycles. The Morgan fingerprint density at radius 2 is 1.52 bits per heavy atom. The molecule has 0 saturated carbocycles. The van der Waals surface area contributed by atoms with E-state index >= 15 is 0 Å². The normalized spacial score (nSPS) is 12.0. The average Bonchev–Trinajstić information content (AvgIpc) is 3.53. The van der Waals surface area contributed by atoms with Crippen molar-refractivity contribution in [3.05, 3.63) is 90.5 Å². The van der Waals surface area contributed by atoms with Crippen molar-refractivity contribution in [2.45, 2.75) is 6.42 Å². The van der Waals surface area contributed by atoms with Crippen molar-refractivity contribution in [2.24, 2.45) is 0 Å². The van der Waals surface area contributed by atoms with E-state index in [0.717, 1.165) is 29.2 Å². The molecule has 138 valence electrons. The first-order chi connectivity index (χ1) is 14.3. The molecule has 0 atom stereocenters. The van der Waals surface area contributed by atoms with Crippen LogP contribution in [-0.2, 0) is 6.42 Å². The third kappa shape index (κ3) is 2.63. The predicted molar refractivity (Wildman–Crippen MR) is 108 cm³/mol. The summed E-state index contributed by atoms with van der Waals surface area (Å²) in [5.74, 6) is 0. The maximum atomic E-state index is 4.34. The van der Waals surface area contributed by atoms with E-state index in [0.29, 0.717) is 0 Å². The number of benzene rings is 2. The zero-order valence-corrected chi connectivity index (χ0v) is 15.3. The first kappa shape index (κ1) is 15.9. The highest BCUT2D eigenvalue weighted by atomic mass is 15.4. The fourth-order valence-electron chi connectivity index (χ4n) is 3.84. The summed E-state index contributed by atoms with van der Waals surface area (Å²) >= 11 is 0. The molecule has 0 spiro atoms. The van der Waals surface area contributed by atoms with Gasteiger partial charge in [-0.05, 0) is 65.1 Å². The lowest BCUT2D eigenvalue weighted by atomic mass is 10.1. The zero-order chi connectivity index (χ0) is 19.2. The Hall–Kier alpha value is -4.13. The van der Waals surface area contributed by atoms with Crippen LogP contribution in [0.1, 0.15) is 11.1 Å². The van der Waals surface area contributed by atoms with E-state index in [1.165, 1.54) is 22.3 Å². The highest BCUT2D eigenvalue weighted by Gasteiger charge is 2.20. The molecule has 3 heterocycles. The molecule has 1 aliphatic carbocycles. The SMILES string of the molecule is c1ccc(-c2cn(-c3ccc4c(c3)Cc3cc(-n5ccnn5)ccc3-4)nn2)nc1. The van der Waals surface area contributed by atoms with E-state index in [2.05, 4.69) is 62.0 Å². The van der Waals surface area contributed by atoms with E-state index in [4.69, 9.17) is 0 Å². The summed E-state index contributed by atoms with van der Waals surface area (Å²) in [6.07, 6.45) is 8.09. The molecule has 0 radical (unpaired) electrons. The zero-order valence-electron chi connectivity index (χ0n) is 15.3. The molecule has 29 heavy (non-hydrogen) atoms. The van der Waals surface area contributed by atoms with Crippen molar-refractivity contribution in [3.8, 4) is 33.9 Å². The molecular weight excluding hydrogens is 362 g/mol. The molecule has 0 amide bonds. The van der Waals surface area contributed by atoms with Crippen LogP contribution < -0.4 is 0 Å². The Balaban J connectivity index is 1.34. The van der Waals surface area contributed by atoms with Crippen LogP contribution in [0.2, 0.25) is 0 Å². The van der Waals surface area contributed by atoms with Gasteiger partial charge in [0.05, 0.1) is 35.7 Å².